The molecule has 0 saturated heterocycles. The van der Waals surface area contributed by atoms with E-state index in [0.29, 0.717) is 32.3 Å². The van der Waals surface area contributed by atoms with Crippen molar-refractivity contribution in [1.29, 1.82) is 0 Å². The average Bonchev–Trinajstić information content (AvgIpc) is 3.37. The fourth-order valence-corrected chi connectivity index (χ4v) is 4.46. The maximum absolute atomic E-state index is 12.2. The Labute approximate surface area is 202 Å². The summed E-state index contributed by atoms with van der Waals surface area (Å²) in [5.41, 5.74) is 1.51. The highest BCUT2D eigenvalue weighted by atomic mass is 35.5. The van der Waals surface area contributed by atoms with Crippen LogP contribution in [0.1, 0.15) is 5.76 Å². The molecule has 0 aliphatic carbocycles. The van der Waals surface area contributed by atoms with Gasteiger partial charge in [-0.3, -0.25) is 10.1 Å². The van der Waals surface area contributed by atoms with E-state index in [1.807, 2.05) is 18.2 Å². The Morgan fingerprint density at radius 1 is 1.19 bits per heavy atom. The molecule has 0 unspecified atom stereocenters. The van der Waals surface area contributed by atoms with E-state index in [2.05, 4.69) is 15.6 Å². The summed E-state index contributed by atoms with van der Waals surface area (Å²) in [6.07, 6.45) is 2.86. The van der Waals surface area contributed by atoms with E-state index in [0.717, 1.165) is 16.0 Å². The molecule has 0 aliphatic rings. The van der Waals surface area contributed by atoms with Gasteiger partial charge in [0.2, 0.25) is 5.91 Å². The van der Waals surface area contributed by atoms with E-state index in [1.165, 1.54) is 23.5 Å². The molecule has 0 fully saturated rings. The van der Waals surface area contributed by atoms with Crippen LogP contribution >= 0.6 is 46.8 Å². The molecule has 6 nitrogen and oxygen atoms in total. The van der Waals surface area contributed by atoms with Crippen LogP contribution in [0, 0.1) is 0 Å². The average molecular weight is 504 g/mol. The molecule has 2 N–H and O–H groups in total. The van der Waals surface area contributed by atoms with Gasteiger partial charge in [-0.1, -0.05) is 34.5 Å². The van der Waals surface area contributed by atoms with Gasteiger partial charge in [0.05, 0.1) is 22.3 Å². The second kappa shape index (κ2) is 9.70. The number of carbonyl (C=O) groups excluding carboxylic acids is 1. The zero-order chi connectivity index (χ0) is 22.7. The number of hydrogen-bond acceptors (Lipinski definition) is 6. The Hall–Kier alpha value is -2.91. The van der Waals surface area contributed by atoms with E-state index in [4.69, 9.17) is 44.6 Å². The minimum atomic E-state index is -0.409. The maximum Gasteiger partial charge on any atom is 0.250 e. The van der Waals surface area contributed by atoms with Gasteiger partial charge in [0.1, 0.15) is 17.3 Å². The van der Waals surface area contributed by atoms with Crippen LogP contribution in [0.15, 0.2) is 59.0 Å². The number of methoxy groups -OCH3 is 1. The van der Waals surface area contributed by atoms with Gasteiger partial charge in [-0.2, -0.15) is 0 Å². The van der Waals surface area contributed by atoms with Crippen LogP contribution in [0.4, 0.5) is 5.13 Å². The summed E-state index contributed by atoms with van der Waals surface area (Å²) in [6.45, 7) is 0. The van der Waals surface area contributed by atoms with Gasteiger partial charge in [-0.15, -0.1) is 0 Å². The fraction of sp³-hybridized carbons (Fsp3) is 0.0455. The van der Waals surface area contributed by atoms with Crippen molar-refractivity contribution >= 4 is 79.2 Å². The van der Waals surface area contributed by atoms with Crippen molar-refractivity contribution in [3.8, 4) is 17.1 Å². The van der Waals surface area contributed by atoms with Gasteiger partial charge < -0.3 is 14.5 Å². The Morgan fingerprint density at radius 3 is 2.81 bits per heavy atom. The molecule has 32 heavy (non-hydrogen) atoms. The number of nitrogens with one attached hydrogen (secondary N) is 2. The third-order valence-electron chi connectivity index (χ3n) is 4.28. The second-order valence-electron chi connectivity index (χ2n) is 6.46. The van der Waals surface area contributed by atoms with Gasteiger partial charge in [-0.05, 0) is 66.8 Å². The van der Waals surface area contributed by atoms with Crippen molar-refractivity contribution in [3.63, 3.8) is 0 Å². The standard InChI is InChI=1S/C22H15Cl2N3O3S2/c1-29-14-3-7-17-19(11-14)32-22(25-17)27-21(31)26-20(28)9-5-13-4-8-18(30-13)15-6-2-12(23)10-16(15)24/h2-11H,1H3,(H2,25,26,27,28,31)/b9-5+. The molecule has 0 bridgehead atoms. The molecular formula is C22H15Cl2N3O3S2. The first-order chi connectivity index (χ1) is 15.4. The van der Waals surface area contributed by atoms with E-state index < -0.39 is 5.91 Å². The largest absolute Gasteiger partial charge is 0.497 e. The lowest BCUT2D eigenvalue weighted by Crippen LogP contribution is -2.32. The van der Waals surface area contributed by atoms with Crippen LogP contribution in [0.5, 0.6) is 5.75 Å². The number of benzene rings is 2. The van der Waals surface area contributed by atoms with Crippen LogP contribution < -0.4 is 15.4 Å². The number of anilines is 1. The highest BCUT2D eigenvalue weighted by molar-refractivity contribution is 7.80. The van der Waals surface area contributed by atoms with Crippen LogP contribution in [0.25, 0.3) is 27.6 Å². The minimum absolute atomic E-state index is 0.138. The third-order valence-corrected chi connectivity index (χ3v) is 5.96. The van der Waals surface area contributed by atoms with Crippen molar-refractivity contribution < 1.29 is 13.9 Å². The summed E-state index contributed by atoms with van der Waals surface area (Å²) in [7, 11) is 1.61. The Bertz CT molecular complexity index is 1350. The number of furan rings is 1. The molecule has 10 heteroatoms. The van der Waals surface area contributed by atoms with Crippen molar-refractivity contribution in [3.05, 3.63) is 70.4 Å². The van der Waals surface area contributed by atoms with Crippen LogP contribution in [-0.4, -0.2) is 23.1 Å². The number of hydrogen-bond donors (Lipinski definition) is 2. The SMILES string of the molecule is COc1ccc2nc(NC(=S)NC(=O)/C=C/c3ccc(-c4ccc(Cl)cc4Cl)o3)sc2c1. The lowest BCUT2D eigenvalue weighted by molar-refractivity contribution is -0.115. The predicted molar refractivity (Wildman–Crippen MR) is 134 cm³/mol. The summed E-state index contributed by atoms with van der Waals surface area (Å²) in [5, 5.41) is 7.22. The summed E-state index contributed by atoms with van der Waals surface area (Å²) < 4.78 is 11.9. The summed E-state index contributed by atoms with van der Waals surface area (Å²) in [6, 6.07) is 14.2. The van der Waals surface area contributed by atoms with Gasteiger partial charge in [0.15, 0.2) is 10.2 Å². The van der Waals surface area contributed by atoms with Gasteiger partial charge in [0, 0.05) is 16.7 Å². The van der Waals surface area contributed by atoms with Crippen LogP contribution in [0.3, 0.4) is 0 Å². The number of fused-ring (bicyclic) bond motifs is 1. The number of carbonyl (C=O) groups is 1. The monoisotopic (exact) mass is 503 g/mol. The first kappa shape index (κ1) is 22.3. The van der Waals surface area contributed by atoms with Gasteiger partial charge >= 0.3 is 0 Å². The second-order valence-corrected chi connectivity index (χ2v) is 8.74. The number of thiocarbonyl (C=S) groups is 1. The summed E-state index contributed by atoms with van der Waals surface area (Å²) in [5.74, 6) is 1.39. The van der Waals surface area contributed by atoms with Crippen molar-refractivity contribution in [2.75, 3.05) is 12.4 Å². The molecule has 2 aromatic heterocycles. The number of halogens is 2. The number of amides is 1. The first-order valence-electron chi connectivity index (χ1n) is 9.21. The molecule has 0 atom stereocenters. The fourth-order valence-electron chi connectivity index (χ4n) is 2.80. The topological polar surface area (TPSA) is 76.4 Å². The zero-order valence-corrected chi connectivity index (χ0v) is 19.7. The number of thiazole rings is 1. The van der Waals surface area contributed by atoms with E-state index in [9.17, 15) is 4.79 Å². The normalized spacial score (nSPS) is 11.1. The molecule has 0 spiro atoms. The first-order valence-corrected chi connectivity index (χ1v) is 11.2. The lowest BCUT2D eigenvalue weighted by Gasteiger charge is -2.04. The third kappa shape index (κ3) is 5.28. The quantitative estimate of drug-likeness (QED) is 0.242. The molecule has 4 rings (SSSR count). The van der Waals surface area contributed by atoms with Crippen molar-refractivity contribution in [2.24, 2.45) is 0 Å². The van der Waals surface area contributed by atoms with Crippen LogP contribution in [0.2, 0.25) is 10.0 Å². The number of aromatic nitrogens is 1. The number of rotatable bonds is 5. The molecular weight excluding hydrogens is 489 g/mol. The molecule has 162 valence electrons. The lowest BCUT2D eigenvalue weighted by atomic mass is 10.2. The Morgan fingerprint density at radius 2 is 2.03 bits per heavy atom. The van der Waals surface area contributed by atoms with Crippen LogP contribution in [-0.2, 0) is 4.79 Å². The molecule has 4 aromatic rings. The van der Waals surface area contributed by atoms with Crippen molar-refractivity contribution in [1.82, 2.24) is 10.3 Å². The summed E-state index contributed by atoms with van der Waals surface area (Å²) >= 11 is 18.7. The van der Waals surface area contributed by atoms with Gasteiger partial charge in [0.25, 0.3) is 0 Å². The van der Waals surface area contributed by atoms with Crippen molar-refractivity contribution in [2.45, 2.75) is 0 Å². The number of ether oxygens (including phenoxy) is 1. The molecule has 0 saturated carbocycles. The number of nitrogens with zero attached hydrogens (tertiary/aromatic N) is 1. The van der Waals surface area contributed by atoms with E-state index in [1.54, 1.807) is 37.4 Å². The Balaban J connectivity index is 1.36. The maximum atomic E-state index is 12.2. The molecule has 2 aromatic carbocycles. The predicted octanol–water partition coefficient (Wildman–Crippen LogP) is 6.40. The van der Waals surface area contributed by atoms with E-state index >= 15 is 0 Å². The van der Waals surface area contributed by atoms with E-state index in [-0.39, 0.29) is 5.11 Å². The Kier molecular flexibility index (Phi) is 6.76. The van der Waals surface area contributed by atoms with Gasteiger partial charge in [-0.25, -0.2) is 4.98 Å². The highest BCUT2D eigenvalue weighted by Crippen LogP contribution is 2.32. The minimum Gasteiger partial charge on any atom is -0.497 e. The molecule has 0 radical (unpaired) electrons. The molecule has 0 aliphatic heterocycles. The molecule has 2 heterocycles. The highest BCUT2D eigenvalue weighted by Gasteiger charge is 2.10. The smallest absolute Gasteiger partial charge is 0.250 e. The zero-order valence-electron chi connectivity index (χ0n) is 16.5. The molecule has 1 amide bonds. The summed E-state index contributed by atoms with van der Waals surface area (Å²) in [4.78, 5) is 16.6.